The first-order valence-electron chi connectivity index (χ1n) is 6.53. The molecule has 0 aromatic rings. The van der Waals surface area contributed by atoms with Crippen LogP contribution < -0.4 is 0 Å². The van der Waals surface area contributed by atoms with Gasteiger partial charge in [-0.3, -0.25) is 0 Å². The van der Waals surface area contributed by atoms with Gasteiger partial charge in [0.05, 0.1) is 12.2 Å². The summed E-state index contributed by atoms with van der Waals surface area (Å²) in [6.45, 7) is 4.95. The summed E-state index contributed by atoms with van der Waals surface area (Å²) in [6.07, 6.45) is 8.08. The van der Waals surface area contributed by atoms with Crippen LogP contribution in [0.15, 0.2) is 0 Å². The van der Waals surface area contributed by atoms with E-state index in [2.05, 4.69) is 6.92 Å². The van der Waals surface area contributed by atoms with E-state index in [1.54, 1.807) is 6.92 Å². The van der Waals surface area contributed by atoms with Crippen molar-refractivity contribution in [3.8, 4) is 0 Å². The highest BCUT2D eigenvalue weighted by Crippen LogP contribution is 2.08. The summed E-state index contributed by atoms with van der Waals surface area (Å²) >= 11 is 0. The third kappa shape index (κ3) is 10.4. The van der Waals surface area contributed by atoms with Gasteiger partial charge in [-0.15, -0.1) is 0 Å². The Morgan fingerprint density at radius 1 is 1.00 bits per heavy atom. The fourth-order valence-electron chi connectivity index (χ4n) is 1.46. The first kappa shape index (κ1) is 15.9. The van der Waals surface area contributed by atoms with Gasteiger partial charge in [0.25, 0.3) is 0 Å². The molecule has 0 aliphatic heterocycles. The maximum Gasteiger partial charge on any atom is 0.0871 e. The molecule has 2 N–H and O–H groups in total. The molecule has 0 aromatic heterocycles. The van der Waals surface area contributed by atoms with Crippen molar-refractivity contribution >= 4 is 0 Å². The second kappa shape index (κ2) is 10.1. The zero-order chi connectivity index (χ0) is 12.3. The topological polar surface area (TPSA) is 49.7 Å². The minimum absolute atomic E-state index is 0.201. The molecule has 0 amide bonds. The molecule has 0 fully saturated rings. The number of rotatable bonds is 11. The van der Waals surface area contributed by atoms with Crippen LogP contribution in [0.4, 0.5) is 0 Å². The molecule has 0 saturated carbocycles. The Morgan fingerprint density at radius 2 is 1.62 bits per heavy atom. The number of aliphatic hydroxyl groups excluding tert-OH is 1. The van der Waals surface area contributed by atoms with Gasteiger partial charge in [-0.05, 0) is 13.3 Å². The van der Waals surface area contributed by atoms with Gasteiger partial charge in [0.1, 0.15) is 0 Å². The van der Waals surface area contributed by atoms with Crippen LogP contribution in [-0.2, 0) is 4.74 Å². The van der Waals surface area contributed by atoms with Gasteiger partial charge >= 0.3 is 0 Å². The zero-order valence-corrected chi connectivity index (χ0v) is 10.9. The van der Waals surface area contributed by atoms with Crippen LogP contribution >= 0.6 is 0 Å². The quantitative estimate of drug-likeness (QED) is 0.538. The molecule has 0 rings (SSSR count). The lowest BCUT2D eigenvalue weighted by atomic mass is 10.1. The first-order valence-corrected chi connectivity index (χ1v) is 6.53. The van der Waals surface area contributed by atoms with Crippen molar-refractivity contribution in [1.82, 2.24) is 0 Å². The molecule has 0 aliphatic carbocycles. The van der Waals surface area contributed by atoms with Crippen LogP contribution in [-0.4, -0.2) is 35.6 Å². The van der Waals surface area contributed by atoms with E-state index in [1.807, 2.05) is 0 Å². The summed E-state index contributed by atoms with van der Waals surface area (Å²) in [5.74, 6) is 0. The van der Waals surface area contributed by atoms with E-state index in [1.165, 1.54) is 32.1 Å². The minimum Gasteiger partial charge on any atom is -0.393 e. The molecule has 3 nitrogen and oxygen atoms in total. The summed E-state index contributed by atoms with van der Waals surface area (Å²) in [7, 11) is 0. The Balaban J connectivity index is 3.10. The number of ether oxygens (including phenoxy) is 1. The van der Waals surface area contributed by atoms with Crippen LogP contribution in [0.1, 0.15) is 58.8 Å². The number of hydrogen-bond donors (Lipinski definition) is 2. The lowest BCUT2D eigenvalue weighted by Gasteiger charge is -2.19. The Hall–Kier alpha value is -0.120. The summed E-state index contributed by atoms with van der Waals surface area (Å²) in [5, 5.41) is 18.3. The summed E-state index contributed by atoms with van der Waals surface area (Å²) in [4.78, 5) is 0. The van der Waals surface area contributed by atoms with Gasteiger partial charge in [0.15, 0.2) is 0 Å². The van der Waals surface area contributed by atoms with Gasteiger partial charge in [0.2, 0.25) is 0 Å². The van der Waals surface area contributed by atoms with Gasteiger partial charge < -0.3 is 14.9 Å². The summed E-state index contributed by atoms with van der Waals surface area (Å²) < 4.78 is 5.41. The van der Waals surface area contributed by atoms with E-state index in [4.69, 9.17) is 9.84 Å². The number of aliphatic hydroxyl groups is 2. The largest absolute Gasteiger partial charge is 0.393 e. The highest BCUT2D eigenvalue weighted by atomic mass is 16.5. The molecule has 16 heavy (non-hydrogen) atoms. The van der Waals surface area contributed by atoms with Crippen molar-refractivity contribution in [2.45, 2.75) is 64.4 Å². The predicted molar refractivity (Wildman–Crippen MR) is 66.5 cm³/mol. The van der Waals surface area contributed by atoms with Crippen LogP contribution in [0.3, 0.4) is 0 Å². The molecule has 0 bridgehead atoms. The number of unbranched alkanes of at least 4 members (excludes halogenated alkanes) is 5. The molecule has 1 unspecified atom stereocenters. The molecule has 0 aromatic carbocycles. The molecule has 98 valence electrons. The van der Waals surface area contributed by atoms with Crippen LogP contribution in [0.2, 0.25) is 0 Å². The molecular weight excluding hydrogens is 204 g/mol. The molecule has 0 spiro atoms. The van der Waals surface area contributed by atoms with E-state index in [9.17, 15) is 5.11 Å². The van der Waals surface area contributed by atoms with Crippen LogP contribution in [0.25, 0.3) is 0 Å². The fourth-order valence-corrected chi connectivity index (χ4v) is 1.46. The molecule has 0 saturated heterocycles. The standard InChI is InChI=1S/C13H28O3/c1-3-4-5-6-7-8-10-16-11-9-13(2,15)12-14/h14-15H,3-12H2,1-2H3. The van der Waals surface area contributed by atoms with E-state index in [-0.39, 0.29) is 6.61 Å². The van der Waals surface area contributed by atoms with Crippen LogP contribution in [0, 0.1) is 0 Å². The second-order valence-corrected chi connectivity index (χ2v) is 4.79. The maximum absolute atomic E-state index is 9.49. The lowest BCUT2D eigenvalue weighted by Crippen LogP contribution is -2.30. The highest BCUT2D eigenvalue weighted by molar-refractivity contribution is 4.69. The van der Waals surface area contributed by atoms with Crippen molar-refractivity contribution in [3.63, 3.8) is 0 Å². The third-order valence-electron chi connectivity index (χ3n) is 2.77. The van der Waals surface area contributed by atoms with Crippen LogP contribution in [0.5, 0.6) is 0 Å². The molecule has 0 heterocycles. The molecule has 1 atom stereocenters. The lowest BCUT2D eigenvalue weighted by molar-refractivity contribution is -0.0269. The van der Waals surface area contributed by atoms with E-state index < -0.39 is 5.60 Å². The van der Waals surface area contributed by atoms with E-state index in [0.717, 1.165) is 13.0 Å². The SMILES string of the molecule is CCCCCCCCOCCC(C)(O)CO. The summed E-state index contributed by atoms with van der Waals surface area (Å²) in [6, 6.07) is 0. The molecule has 0 aliphatic rings. The Kier molecular flexibility index (Phi) is 9.99. The first-order chi connectivity index (χ1) is 7.62. The van der Waals surface area contributed by atoms with Crippen molar-refractivity contribution in [2.75, 3.05) is 19.8 Å². The normalized spacial score (nSPS) is 15.0. The van der Waals surface area contributed by atoms with Crippen molar-refractivity contribution in [1.29, 1.82) is 0 Å². The van der Waals surface area contributed by atoms with E-state index in [0.29, 0.717) is 13.0 Å². The molecule has 0 radical (unpaired) electrons. The smallest absolute Gasteiger partial charge is 0.0871 e. The third-order valence-corrected chi connectivity index (χ3v) is 2.77. The Bertz CT molecular complexity index is 146. The van der Waals surface area contributed by atoms with Gasteiger partial charge in [-0.25, -0.2) is 0 Å². The average Bonchev–Trinajstić information content (AvgIpc) is 2.27. The fraction of sp³-hybridized carbons (Fsp3) is 1.00. The minimum atomic E-state index is -0.985. The van der Waals surface area contributed by atoms with Crippen molar-refractivity contribution in [2.24, 2.45) is 0 Å². The average molecular weight is 232 g/mol. The van der Waals surface area contributed by atoms with Crippen molar-refractivity contribution < 1.29 is 14.9 Å². The molecular formula is C13H28O3. The predicted octanol–water partition coefficient (Wildman–Crippen LogP) is 2.50. The highest BCUT2D eigenvalue weighted by Gasteiger charge is 2.17. The molecule has 3 heteroatoms. The zero-order valence-electron chi connectivity index (χ0n) is 10.9. The van der Waals surface area contributed by atoms with Gasteiger partial charge in [-0.1, -0.05) is 39.0 Å². The summed E-state index contributed by atoms with van der Waals surface area (Å²) in [5.41, 5.74) is -0.985. The van der Waals surface area contributed by atoms with Gasteiger partial charge in [0, 0.05) is 19.6 Å². The Labute approximate surface area is 99.8 Å². The Morgan fingerprint density at radius 3 is 2.25 bits per heavy atom. The maximum atomic E-state index is 9.49. The number of hydrogen-bond acceptors (Lipinski definition) is 3. The van der Waals surface area contributed by atoms with E-state index >= 15 is 0 Å². The monoisotopic (exact) mass is 232 g/mol. The second-order valence-electron chi connectivity index (χ2n) is 4.79. The van der Waals surface area contributed by atoms with Gasteiger partial charge in [-0.2, -0.15) is 0 Å². The van der Waals surface area contributed by atoms with Crippen molar-refractivity contribution in [3.05, 3.63) is 0 Å².